The molecule has 1 atom stereocenters. The van der Waals surface area contributed by atoms with E-state index in [0.717, 1.165) is 31.3 Å². The summed E-state index contributed by atoms with van der Waals surface area (Å²) in [5, 5.41) is 3.63. The Morgan fingerprint density at radius 2 is 2.00 bits per heavy atom. The van der Waals surface area contributed by atoms with Gasteiger partial charge in [0.25, 0.3) is 0 Å². The summed E-state index contributed by atoms with van der Waals surface area (Å²) in [4.78, 5) is 13.9. The molecule has 1 heterocycles. The molecule has 20 heavy (non-hydrogen) atoms. The van der Waals surface area contributed by atoms with Crippen LogP contribution in [-0.4, -0.2) is 11.5 Å². The van der Waals surface area contributed by atoms with Gasteiger partial charge < -0.3 is 9.73 Å². The molecular weight excluding hydrogens is 252 g/mol. The summed E-state index contributed by atoms with van der Waals surface area (Å²) in [5.41, 5.74) is 2.60. The van der Waals surface area contributed by atoms with Gasteiger partial charge in [-0.3, -0.25) is 4.98 Å². The van der Waals surface area contributed by atoms with Gasteiger partial charge in [0.15, 0.2) is 5.58 Å². The number of nitrogens with one attached hydrogen (secondary N) is 2. The second kappa shape index (κ2) is 6.75. The fourth-order valence-corrected chi connectivity index (χ4v) is 2.77. The number of hydrogen-bond acceptors (Lipinski definition) is 3. The van der Waals surface area contributed by atoms with Crippen molar-refractivity contribution in [1.29, 1.82) is 0 Å². The predicted octanol–water partition coefficient (Wildman–Crippen LogP) is 3.60. The van der Waals surface area contributed by atoms with Crippen molar-refractivity contribution in [3.05, 3.63) is 34.3 Å². The molecule has 0 saturated carbocycles. The van der Waals surface area contributed by atoms with Gasteiger partial charge in [-0.05, 0) is 36.6 Å². The van der Waals surface area contributed by atoms with Crippen LogP contribution < -0.4 is 11.1 Å². The summed E-state index contributed by atoms with van der Waals surface area (Å²) >= 11 is 0. The molecule has 0 aliphatic heterocycles. The molecule has 0 aliphatic carbocycles. The Morgan fingerprint density at radius 1 is 1.25 bits per heavy atom. The number of hydrogen-bond donors (Lipinski definition) is 2. The molecule has 2 aromatic rings. The Kier molecular flexibility index (Phi) is 5.01. The van der Waals surface area contributed by atoms with Gasteiger partial charge in [0.1, 0.15) is 0 Å². The number of benzene rings is 1. The molecule has 1 aromatic heterocycles. The number of aromatic amines is 1. The first kappa shape index (κ1) is 14.9. The molecule has 1 aromatic carbocycles. The number of H-pyrrole nitrogens is 1. The van der Waals surface area contributed by atoms with Crippen molar-refractivity contribution in [1.82, 2.24) is 10.3 Å². The minimum atomic E-state index is -0.391. The van der Waals surface area contributed by atoms with Crippen molar-refractivity contribution in [3.8, 4) is 0 Å². The highest BCUT2D eigenvalue weighted by atomic mass is 16.4. The van der Waals surface area contributed by atoms with Crippen molar-refractivity contribution < 1.29 is 4.42 Å². The zero-order valence-corrected chi connectivity index (χ0v) is 12.5. The second-order valence-corrected chi connectivity index (χ2v) is 5.28. The van der Waals surface area contributed by atoms with Gasteiger partial charge in [0, 0.05) is 6.04 Å². The first-order valence-corrected chi connectivity index (χ1v) is 7.55. The van der Waals surface area contributed by atoms with Crippen LogP contribution in [0.1, 0.15) is 51.6 Å². The van der Waals surface area contributed by atoms with Crippen LogP contribution in [0.5, 0.6) is 0 Å². The number of fused-ring (bicyclic) bond motifs is 1. The standard InChI is InChI=1S/C16H24N2O2/c1-4-9-17-15(11(5-2)6-3)12-7-8-13-14(10-12)20-16(19)18-13/h7-8,10-11,15,17H,4-6,9H2,1-3H3,(H,18,19). The van der Waals surface area contributed by atoms with Crippen LogP contribution in [0.4, 0.5) is 0 Å². The maximum Gasteiger partial charge on any atom is 0.417 e. The van der Waals surface area contributed by atoms with Gasteiger partial charge in [-0.2, -0.15) is 0 Å². The van der Waals surface area contributed by atoms with Crippen LogP contribution in [0, 0.1) is 5.92 Å². The molecule has 2 N–H and O–H groups in total. The smallest absolute Gasteiger partial charge is 0.408 e. The average molecular weight is 276 g/mol. The Morgan fingerprint density at radius 3 is 2.65 bits per heavy atom. The fourth-order valence-electron chi connectivity index (χ4n) is 2.77. The Bertz CT molecular complexity index is 596. The lowest BCUT2D eigenvalue weighted by atomic mass is 9.88. The summed E-state index contributed by atoms with van der Waals surface area (Å²) in [6.07, 6.45) is 3.37. The molecule has 4 nitrogen and oxygen atoms in total. The van der Waals surface area contributed by atoms with E-state index in [9.17, 15) is 4.79 Å². The third-order valence-electron chi connectivity index (χ3n) is 3.94. The summed E-state index contributed by atoms with van der Waals surface area (Å²) in [5.74, 6) is 0.197. The van der Waals surface area contributed by atoms with E-state index < -0.39 is 5.76 Å². The minimum absolute atomic E-state index is 0.314. The van der Waals surface area contributed by atoms with Crippen LogP contribution in [-0.2, 0) is 0 Å². The Labute approximate surface area is 119 Å². The summed E-state index contributed by atoms with van der Waals surface area (Å²) in [6, 6.07) is 6.31. The average Bonchev–Trinajstić information content (AvgIpc) is 2.82. The summed E-state index contributed by atoms with van der Waals surface area (Å²) in [7, 11) is 0. The molecule has 0 amide bonds. The molecule has 0 spiro atoms. The molecule has 0 radical (unpaired) electrons. The summed E-state index contributed by atoms with van der Waals surface area (Å²) in [6.45, 7) is 7.62. The van der Waals surface area contributed by atoms with Gasteiger partial charge in [-0.15, -0.1) is 0 Å². The normalized spacial score (nSPS) is 13.2. The second-order valence-electron chi connectivity index (χ2n) is 5.28. The van der Waals surface area contributed by atoms with Gasteiger partial charge in [0.05, 0.1) is 5.52 Å². The maximum absolute atomic E-state index is 11.3. The first-order chi connectivity index (χ1) is 9.69. The lowest BCUT2D eigenvalue weighted by molar-refractivity contribution is 0.341. The van der Waals surface area contributed by atoms with Crippen LogP contribution in [0.3, 0.4) is 0 Å². The van der Waals surface area contributed by atoms with Crippen molar-refractivity contribution in [2.45, 2.75) is 46.1 Å². The maximum atomic E-state index is 11.3. The predicted molar refractivity (Wildman–Crippen MR) is 81.9 cm³/mol. The molecule has 2 rings (SSSR count). The highest BCUT2D eigenvalue weighted by molar-refractivity contribution is 5.72. The van der Waals surface area contributed by atoms with Gasteiger partial charge in [-0.25, -0.2) is 4.79 Å². The topological polar surface area (TPSA) is 58.0 Å². The van der Waals surface area contributed by atoms with Crippen LogP contribution in [0.25, 0.3) is 11.1 Å². The summed E-state index contributed by atoms with van der Waals surface area (Å²) < 4.78 is 5.17. The van der Waals surface area contributed by atoms with Crippen LogP contribution in [0.15, 0.2) is 27.4 Å². The molecule has 0 saturated heterocycles. The lowest BCUT2D eigenvalue weighted by Gasteiger charge is -2.27. The van der Waals surface area contributed by atoms with Crippen LogP contribution >= 0.6 is 0 Å². The zero-order chi connectivity index (χ0) is 14.5. The fraction of sp³-hybridized carbons (Fsp3) is 0.562. The van der Waals surface area contributed by atoms with E-state index in [2.05, 4.69) is 37.1 Å². The molecule has 0 fully saturated rings. The van der Waals surface area contributed by atoms with Crippen molar-refractivity contribution in [3.63, 3.8) is 0 Å². The van der Waals surface area contributed by atoms with Gasteiger partial charge in [0.2, 0.25) is 0 Å². The zero-order valence-electron chi connectivity index (χ0n) is 12.5. The lowest BCUT2D eigenvalue weighted by Crippen LogP contribution is -2.28. The number of aromatic nitrogens is 1. The number of rotatable bonds is 7. The monoisotopic (exact) mass is 276 g/mol. The van der Waals surface area contributed by atoms with Crippen molar-refractivity contribution in [2.75, 3.05) is 6.54 Å². The van der Waals surface area contributed by atoms with E-state index in [4.69, 9.17) is 4.42 Å². The SMILES string of the molecule is CCCNC(c1ccc2[nH]c(=O)oc2c1)C(CC)CC. The molecule has 1 unspecified atom stereocenters. The van der Waals surface area contributed by atoms with Crippen molar-refractivity contribution >= 4 is 11.1 Å². The quantitative estimate of drug-likeness (QED) is 0.812. The molecule has 0 aliphatic rings. The largest absolute Gasteiger partial charge is 0.417 e. The highest BCUT2D eigenvalue weighted by Crippen LogP contribution is 2.29. The van der Waals surface area contributed by atoms with Crippen LogP contribution in [0.2, 0.25) is 0 Å². The van der Waals surface area contributed by atoms with Gasteiger partial charge >= 0.3 is 5.76 Å². The van der Waals surface area contributed by atoms with E-state index in [1.807, 2.05) is 12.1 Å². The number of oxazole rings is 1. The third kappa shape index (κ3) is 3.12. The molecule has 0 bridgehead atoms. The molecular formula is C16H24N2O2. The van der Waals surface area contributed by atoms with Crippen molar-refractivity contribution in [2.24, 2.45) is 5.92 Å². The molecule has 4 heteroatoms. The third-order valence-corrected chi connectivity index (χ3v) is 3.94. The Balaban J connectivity index is 2.35. The van der Waals surface area contributed by atoms with E-state index in [1.54, 1.807) is 0 Å². The highest BCUT2D eigenvalue weighted by Gasteiger charge is 2.20. The van der Waals surface area contributed by atoms with E-state index in [1.165, 1.54) is 5.56 Å². The first-order valence-electron chi connectivity index (χ1n) is 7.55. The minimum Gasteiger partial charge on any atom is -0.408 e. The Hall–Kier alpha value is -1.55. The van der Waals surface area contributed by atoms with E-state index in [0.29, 0.717) is 17.5 Å². The van der Waals surface area contributed by atoms with Gasteiger partial charge in [-0.1, -0.05) is 39.7 Å². The van der Waals surface area contributed by atoms with E-state index in [-0.39, 0.29) is 0 Å². The molecule has 110 valence electrons. The van der Waals surface area contributed by atoms with E-state index >= 15 is 0 Å².